The molecule has 0 saturated heterocycles. The summed E-state index contributed by atoms with van der Waals surface area (Å²) in [5.74, 6) is -3.99. The largest absolute Gasteiger partial charge is 0.508 e. The van der Waals surface area contributed by atoms with E-state index >= 15 is 0 Å². The van der Waals surface area contributed by atoms with Crippen molar-refractivity contribution in [2.24, 2.45) is 0 Å². The topological polar surface area (TPSA) is 60.7 Å². The summed E-state index contributed by atoms with van der Waals surface area (Å²) in [6, 6.07) is 5.56. The molecular formula is C12H8F2O3. The first kappa shape index (κ1) is 11.2. The van der Waals surface area contributed by atoms with E-state index in [2.05, 4.69) is 0 Å². The van der Waals surface area contributed by atoms with Crippen LogP contribution in [0.5, 0.6) is 17.2 Å². The molecule has 3 nitrogen and oxygen atoms in total. The predicted molar refractivity (Wildman–Crippen MR) is 56.8 cm³/mol. The lowest BCUT2D eigenvalue weighted by atomic mass is 10.0. The van der Waals surface area contributed by atoms with E-state index in [1.807, 2.05) is 0 Å². The molecule has 5 heteroatoms. The van der Waals surface area contributed by atoms with Gasteiger partial charge in [-0.25, -0.2) is 4.39 Å². The minimum absolute atomic E-state index is 0.0543. The fourth-order valence-electron chi connectivity index (χ4n) is 1.49. The van der Waals surface area contributed by atoms with E-state index in [0.717, 1.165) is 24.3 Å². The quantitative estimate of drug-likeness (QED) is 0.669. The van der Waals surface area contributed by atoms with E-state index in [1.54, 1.807) is 0 Å². The van der Waals surface area contributed by atoms with Crippen LogP contribution in [-0.4, -0.2) is 15.3 Å². The Morgan fingerprint density at radius 2 is 1.35 bits per heavy atom. The molecule has 0 atom stereocenters. The summed E-state index contributed by atoms with van der Waals surface area (Å²) in [5.41, 5.74) is -0.296. The maximum atomic E-state index is 13.5. The second kappa shape index (κ2) is 3.93. The van der Waals surface area contributed by atoms with Crippen LogP contribution in [0.15, 0.2) is 30.3 Å². The Kier molecular flexibility index (Phi) is 2.59. The minimum Gasteiger partial charge on any atom is -0.508 e. The lowest BCUT2D eigenvalue weighted by Gasteiger charge is -2.08. The average molecular weight is 238 g/mol. The van der Waals surface area contributed by atoms with Gasteiger partial charge in [-0.15, -0.1) is 0 Å². The van der Waals surface area contributed by atoms with E-state index in [1.165, 1.54) is 6.07 Å². The van der Waals surface area contributed by atoms with Gasteiger partial charge in [0.25, 0.3) is 0 Å². The van der Waals surface area contributed by atoms with Gasteiger partial charge in [0.05, 0.1) is 0 Å². The maximum absolute atomic E-state index is 13.5. The number of rotatable bonds is 1. The summed E-state index contributed by atoms with van der Waals surface area (Å²) in [5, 5.41) is 27.7. The molecule has 0 amide bonds. The predicted octanol–water partition coefficient (Wildman–Crippen LogP) is 2.75. The molecule has 0 saturated carbocycles. The third-order valence-electron chi connectivity index (χ3n) is 2.33. The number of hydrogen-bond donors (Lipinski definition) is 3. The number of aromatic hydroxyl groups is 3. The Labute approximate surface area is 95.2 Å². The summed E-state index contributed by atoms with van der Waals surface area (Å²) < 4.78 is 26.7. The van der Waals surface area contributed by atoms with Crippen molar-refractivity contribution in [1.82, 2.24) is 0 Å². The van der Waals surface area contributed by atoms with Crippen LogP contribution >= 0.6 is 0 Å². The Morgan fingerprint density at radius 1 is 0.706 bits per heavy atom. The van der Waals surface area contributed by atoms with Gasteiger partial charge in [0.2, 0.25) is 5.82 Å². The van der Waals surface area contributed by atoms with Crippen molar-refractivity contribution < 1.29 is 24.1 Å². The molecule has 3 N–H and O–H groups in total. The molecule has 0 heterocycles. The Balaban J connectivity index is 2.69. The normalized spacial score (nSPS) is 10.5. The zero-order valence-corrected chi connectivity index (χ0v) is 8.48. The van der Waals surface area contributed by atoms with Crippen LogP contribution in [0, 0.1) is 11.6 Å². The van der Waals surface area contributed by atoms with E-state index in [9.17, 15) is 19.0 Å². The van der Waals surface area contributed by atoms with Gasteiger partial charge in [-0.05, 0) is 30.3 Å². The van der Waals surface area contributed by atoms with E-state index in [-0.39, 0.29) is 22.6 Å². The molecule has 0 radical (unpaired) electrons. The van der Waals surface area contributed by atoms with Gasteiger partial charge >= 0.3 is 0 Å². The monoisotopic (exact) mass is 238 g/mol. The highest BCUT2D eigenvalue weighted by molar-refractivity contribution is 5.72. The molecule has 0 fully saturated rings. The zero-order chi connectivity index (χ0) is 12.6. The highest BCUT2D eigenvalue weighted by Crippen LogP contribution is 2.36. The SMILES string of the molecule is Oc1ccc(O)c(-c2ccc(O)c(F)c2F)c1. The molecule has 0 aliphatic rings. The summed E-state index contributed by atoms with van der Waals surface area (Å²) in [7, 11) is 0. The Bertz CT molecular complexity index is 582. The van der Waals surface area contributed by atoms with Crippen LogP contribution in [0.4, 0.5) is 8.78 Å². The maximum Gasteiger partial charge on any atom is 0.200 e. The van der Waals surface area contributed by atoms with Crippen molar-refractivity contribution in [3.63, 3.8) is 0 Å². The molecule has 88 valence electrons. The van der Waals surface area contributed by atoms with Crippen molar-refractivity contribution in [3.05, 3.63) is 42.0 Å². The summed E-state index contributed by atoms with van der Waals surface area (Å²) >= 11 is 0. The molecule has 2 rings (SSSR count). The smallest absolute Gasteiger partial charge is 0.200 e. The molecule has 0 unspecified atom stereocenters. The zero-order valence-electron chi connectivity index (χ0n) is 8.48. The number of hydrogen-bond acceptors (Lipinski definition) is 3. The van der Waals surface area contributed by atoms with Crippen LogP contribution < -0.4 is 0 Å². The van der Waals surface area contributed by atoms with Gasteiger partial charge in [-0.3, -0.25) is 0 Å². The third-order valence-corrected chi connectivity index (χ3v) is 2.33. The molecule has 0 spiro atoms. The molecule has 2 aromatic rings. The lowest BCUT2D eigenvalue weighted by molar-refractivity contribution is 0.407. The summed E-state index contributed by atoms with van der Waals surface area (Å²) in [4.78, 5) is 0. The second-order valence-corrected chi connectivity index (χ2v) is 3.46. The fourth-order valence-corrected chi connectivity index (χ4v) is 1.49. The first-order valence-corrected chi connectivity index (χ1v) is 4.70. The van der Waals surface area contributed by atoms with Gasteiger partial charge in [0.15, 0.2) is 11.6 Å². The van der Waals surface area contributed by atoms with Crippen molar-refractivity contribution >= 4 is 0 Å². The van der Waals surface area contributed by atoms with Gasteiger partial charge in [0.1, 0.15) is 11.5 Å². The van der Waals surface area contributed by atoms with Crippen LogP contribution in [0.1, 0.15) is 0 Å². The molecular weight excluding hydrogens is 230 g/mol. The molecule has 2 aromatic carbocycles. The van der Waals surface area contributed by atoms with Gasteiger partial charge in [0, 0.05) is 11.1 Å². The highest BCUT2D eigenvalue weighted by Gasteiger charge is 2.16. The van der Waals surface area contributed by atoms with Crippen LogP contribution in [-0.2, 0) is 0 Å². The molecule has 0 aliphatic carbocycles. The van der Waals surface area contributed by atoms with Crippen LogP contribution in [0.25, 0.3) is 11.1 Å². The van der Waals surface area contributed by atoms with E-state index in [4.69, 9.17) is 5.11 Å². The lowest BCUT2D eigenvalue weighted by Crippen LogP contribution is -1.90. The number of phenolic OH excluding ortho intramolecular Hbond substituents is 3. The van der Waals surface area contributed by atoms with Crippen molar-refractivity contribution in [3.8, 4) is 28.4 Å². The highest BCUT2D eigenvalue weighted by atomic mass is 19.2. The fraction of sp³-hybridized carbons (Fsp3) is 0. The summed E-state index contributed by atoms with van der Waals surface area (Å²) in [6.07, 6.45) is 0. The Hall–Kier alpha value is -2.30. The molecule has 17 heavy (non-hydrogen) atoms. The molecule has 0 bridgehead atoms. The van der Waals surface area contributed by atoms with Crippen molar-refractivity contribution in [2.75, 3.05) is 0 Å². The van der Waals surface area contributed by atoms with Gasteiger partial charge in [-0.2, -0.15) is 4.39 Å². The number of benzene rings is 2. The van der Waals surface area contributed by atoms with Crippen molar-refractivity contribution in [1.29, 1.82) is 0 Å². The van der Waals surface area contributed by atoms with Crippen LogP contribution in [0.3, 0.4) is 0 Å². The number of phenols is 3. The van der Waals surface area contributed by atoms with Gasteiger partial charge < -0.3 is 15.3 Å². The van der Waals surface area contributed by atoms with E-state index < -0.39 is 17.4 Å². The number of halogens is 2. The Morgan fingerprint density at radius 3 is 2.06 bits per heavy atom. The summed E-state index contributed by atoms with van der Waals surface area (Å²) in [6.45, 7) is 0. The van der Waals surface area contributed by atoms with Crippen LogP contribution in [0.2, 0.25) is 0 Å². The molecule has 0 aromatic heterocycles. The van der Waals surface area contributed by atoms with E-state index in [0.29, 0.717) is 0 Å². The standard InChI is InChI=1S/C12H8F2O3/c13-11-7(2-4-10(17)12(11)14)8-5-6(15)1-3-9(8)16/h1-5,15-17H. The van der Waals surface area contributed by atoms with Gasteiger partial charge in [-0.1, -0.05) is 0 Å². The first-order chi connectivity index (χ1) is 8.00. The third kappa shape index (κ3) is 1.87. The first-order valence-electron chi connectivity index (χ1n) is 4.70. The molecule has 0 aliphatic heterocycles. The minimum atomic E-state index is -1.40. The second-order valence-electron chi connectivity index (χ2n) is 3.46. The average Bonchev–Trinajstić information content (AvgIpc) is 2.30. The van der Waals surface area contributed by atoms with Crippen molar-refractivity contribution in [2.45, 2.75) is 0 Å².